The lowest BCUT2D eigenvalue weighted by atomic mass is 10.1. The topological polar surface area (TPSA) is 101 Å². The number of hydrogen-bond donors (Lipinski definition) is 1. The van der Waals surface area contributed by atoms with Gasteiger partial charge in [-0.1, -0.05) is 12.1 Å². The van der Waals surface area contributed by atoms with Gasteiger partial charge in [-0.3, -0.25) is 19.6 Å². The van der Waals surface area contributed by atoms with E-state index in [0.717, 1.165) is 25.1 Å². The first-order valence-corrected chi connectivity index (χ1v) is 8.82. The lowest BCUT2D eigenvalue weighted by Crippen LogP contribution is -2.29. The van der Waals surface area contributed by atoms with Crippen LogP contribution in [0.5, 0.6) is 0 Å². The summed E-state index contributed by atoms with van der Waals surface area (Å²) >= 11 is 0. The Balaban J connectivity index is 1.70. The van der Waals surface area contributed by atoms with Crippen molar-refractivity contribution in [2.45, 2.75) is 52.6 Å². The molecule has 0 bridgehead atoms. The highest BCUT2D eigenvalue weighted by molar-refractivity contribution is 5.96. The molecule has 2 aromatic rings. The minimum atomic E-state index is -0.237. The molecule has 0 spiro atoms. The van der Waals surface area contributed by atoms with Crippen molar-refractivity contribution in [2.75, 3.05) is 6.54 Å². The van der Waals surface area contributed by atoms with E-state index in [2.05, 4.69) is 20.4 Å². The van der Waals surface area contributed by atoms with Crippen molar-refractivity contribution in [3.05, 3.63) is 40.8 Å². The molecule has 1 saturated heterocycles. The minimum absolute atomic E-state index is 0.0392. The van der Waals surface area contributed by atoms with E-state index in [4.69, 9.17) is 4.52 Å². The van der Waals surface area contributed by atoms with Crippen LogP contribution in [-0.2, 0) is 17.8 Å². The maximum absolute atomic E-state index is 12.4. The van der Waals surface area contributed by atoms with Crippen molar-refractivity contribution < 1.29 is 14.1 Å². The van der Waals surface area contributed by atoms with Crippen molar-refractivity contribution in [2.24, 2.45) is 0 Å². The van der Waals surface area contributed by atoms with Crippen molar-refractivity contribution in [3.8, 4) is 0 Å². The lowest BCUT2D eigenvalue weighted by molar-refractivity contribution is -0.129. The summed E-state index contributed by atoms with van der Waals surface area (Å²) in [7, 11) is 0. The highest BCUT2D eigenvalue weighted by Crippen LogP contribution is 2.30. The quantitative estimate of drug-likeness (QED) is 0.878. The summed E-state index contributed by atoms with van der Waals surface area (Å²) in [4.78, 5) is 34.9. The second kappa shape index (κ2) is 7.63. The van der Waals surface area contributed by atoms with Gasteiger partial charge in [0.15, 0.2) is 0 Å². The fourth-order valence-electron chi connectivity index (χ4n) is 3.33. The average Bonchev–Trinajstić information content (AvgIpc) is 3.26. The van der Waals surface area contributed by atoms with Gasteiger partial charge in [0.05, 0.1) is 42.1 Å². The van der Waals surface area contributed by atoms with E-state index in [1.165, 1.54) is 0 Å². The predicted molar refractivity (Wildman–Crippen MR) is 93.2 cm³/mol. The van der Waals surface area contributed by atoms with Crippen molar-refractivity contribution >= 4 is 11.8 Å². The second-order valence-corrected chi connectivity index (χ2v) is 6.40. The first kappa shape index (κ1) is 18.0. The normalized spacial score (nSPS) is 16.7. The van der Waals surface area contributed by atoms with E-state index in [1.54, 1.807) is 26.2 Å². The van der Waals surface area contributed by atoms with E-state index < -0.39 is 0 Å². The molecule has 3 rings (SSSR count). The van der Waals surface area contributed by atoms with Gasteiger partial charge in [0.1, 0.15) is 11.3 Å². The van der Waals surface area contributed by atoms with Crippen LogP contribution in [0.4, 0.5) is 0 Å². The van der Waals surface area contributed by atoms with Crippen LogP contribution >= 0.6 is 0 Å². The number of carbonyl (C=O) groups excluding carboxylic acids is 2. The molecule has 0 aliphatic carbocycles. The van der Waals surface area contributed by atoms with Crippen LogP contribution in [0.1, 0.15) is 65.9 Å². The molecule has 1 aliphatic heterocycles. The van der Waals surface area contributed by atoms with Crippen LogP contribution in [0.15, 0.2) is 16.9 Å². The second-order valence-electron chi connectivity index (χ2n) is 6.40. The van der Waals surface area contributed by atoms with Gasteiger partial charge < -0.3 is 14.7 Å². The molecule has 1 fully saturated rings. The summed E-state index contributed by atoms with van der Waals surface area (Å²) in [5.41, 5.74) is 2.54. The summed E-state index contributed by atoms with van der Waals surface area (Å²) in [6, 6.07) is -0.0392. The number of aryl methyl sites for hydroxylation is 2. The first-order chi connectivity index (χ1) is 12.5. The molecule has 0 aromatic carbocycles. The minimum Gasteiger partial charge on any atom is -0.361 e. The molecule has 138 valence electrons. The van der Waals surface area contributed by atoms with Crippen molar-refractivity contribution in [1.29, 1.82) is 0 Å². The van der Waals surface area contributed by atoms with Gasteiger partial charge in [-0.2, -0.15) is 0 Å². The Labute approximate surface area is 152 Å². The fourth-order valence-corrected chi connectivity index (χ4v) is 3.33. The van der Waals surface area contributed by atoms with Crippen molar-refractivity contribution in [1.82, 2.24) is 25.3 Å². The molecule has 1 N–H and O–H groups in total. The molecule has 8 nitrogen and oxygen atoms in total. The van der Waals surface area contributed by atoms with Crippen LogP contribution in [0.2, 0.25) is 0 Å². The molecule has 3 heterocycles. The molecule has 8 heteroatoms. The Bertz CT molecular complexity index is 817. The molecule has 1 atom stereocenters. The third-order valence-corrected chi connectivity index (χ3v) is 4.63. The highest BCUT2D eigenvalue weighted by Gasteiger charge is 2.29. The molecule has 0 unspecified atom stereocenters. The van der Waals surface area contributed by atoms with E-state index in [-0.39, 0.29) is 24.4 Å². The van der Waals surface area contributed by atoms with E-state index >= 15 is 0 Å². The maximum atomic E-state index is 12.4. The molecule has 26 heavy (non-hydrogen) atoms. The molecule has 0 saturated carbocycles. The predicted octanol–water partition coefficient (Wildman–Crippen LogP) is 1.95. The van der Waals surface area contributed by atoms with Gasteiger partial charge in [-0.15, -0.1) is 0 Å². The van der Waals surface area contributed by atoms with E-state index in [0.29, 0.717) is 29.1 Å². The van der Waals surface area contributed by atoms with Crippen LogP contribution in [0.3, 0.4) is 0 Å². The monoisotopic (exact) mass is 357 g/mol. The Morgan fingerprint density at radius 1 is 1.38 bits per heavy atom. The third-order valence-electron chi connectivity index (χ3n) is 4.63. The zero-order valence-corrected chi connectivity index (χ0v) is 15.3. The molecular weight excluding hydrogens is 334 g/mol. The standard InChI is InChI=1S/C18H23N5O3/c1-4-14-17(11(2)26-22-14)18(25)20-9-13-8-19-10-15(21-13)16-6-5-7-23(16)12(3)24/h8,10,16H,4-7,9H2,1-3H3,(H,20,25)/t16-/m1/s1. The summed E-state index contributed by atoms with van der Waals surface area (Å²) in [5, 5.41) is 6.75. The Morgan fingerprint density at radius 2 is 2.19 bits per heavy atom. The van der Waals surface area contributed by atoms with Crippen LogP contribution in [0.25, 0.3) is 0 Å². The van der Waals surface area contributed by atoms with Crippen LogP contribution in [0, 0.1) is 6.92 Å². The maximum Gasteiger partial charge on any atom is 0.257 e. The third kappa shape index (κ3) is 3.58. The molecule has 2 aromatic heterocycles. The Morgan fingerprint density at radius 3 is 2.92 bits per heavy atom. The summed E-state index contributed by atoms with van der Waals surface area (Å²) in [6.45, 7) is 6.21. The number of amides is 2. The smallest absolute Gasteiger partial charge is 0.257 e. The number of likely N-dealkylation sites (tertiary alicyclic amines) is 1. The molecular formula is C18H23N5O3. The molecule has 1 aliphatic rings. The lowest BCUT2D eigenvalue weighted by Gasteiger charge is -2.22. The Kier molecular flexibility index (Phi) is 5.29. The first-order valence-electron chi connectivity index (χ1n) is 8.82. The van der Waals surface area contributed by atoms with Gasteiger partial charge in [-0.05, 0) is 26.2 Å². The Hall–Kier alpha value is -2.77. The van der Waals surface area contributed by atoms with E-state index in [1.807, 2.05) is 11.8 Å². The van der Waals surface area contributed by atoms with Gasteiger partial charge in [0.2, 0.25) is 5.91 Å². The zero-order valence-electron chi connectivity index (χ0n) is 15.3. The number of carbonyl (C=O) groups is 2. The zero-order chi connectivity index (χ0) is 18.7. The van der Waals surface area contributed by atoms with Gasteiger partial charge in [0, 0.05) is 13.5 Å². The van der Waals surface area contributed by atoms with Crippen LogP contribution in [-0.4, -0.2) is 38.4 Å². The summed E-state index contributed by atoms with van der Waals surface area (Å²) < 4.78 is 5.10. The summed E-state index contributed by atoms with van der Waals surface area (Å²) in [5.74, 6) is 0.310. The number of rotatable bonds is 5. The summed E-state index contributed by atoms with van der Waals surface area (Å²) in [6.07, 6.45) is 5.77. The van der Waals surface area contributed by atoms with E-state index in [9.17, 15) is 9.59 Å². The largest absolute Gasteiger partial charge is 0.361 e. The van der Waals surface area contributed by atoms with Crippen molar-refractivity contribution in [3.63, 3.8) is 0 Å². The van der Waals surface area contributed by atoms with Gasteiger partial charge >= 0.3 is 0 Å². The average molecular weight is 357 g/mol. The number of nitrogens with one attached hydrogen (secondary N) is 1. The van der Waals surface area contributed by atoms with Gasteiger partial charge in [-0.25, -0.2) is 0 Å². The molecule has 0 radical (unpaired) electrons. The molecule has 2 amide bonds. The van der Waals surface area contributed by atoms with Gasteiger partial charge in [0.25, 0.3) is 5.91 Å². The highest BCUT2D eigenvalue weighted by atomic mass is 16.5. The fraction of sp³-hybridized carbons (Fsp3) is 0.500. The SMILES string of the molecule is CCc1noc(C)c1C(=O)NCc1cncc([C@H]2CCCN2C(C)=O)n1. The number of aromatic nitrogens is 3. The number of nitrogens with zero attached hydrogens (tertiary/aromatic N) is 4. The van der Waals surface area contributed by atoms with Crippen LogP contribution < -0.4 is 5.32 Å². The number of hydrogen-bond acceptors (Lipinski definition) is 6.